The smallest absolute Gasteiger partial charge is 0.220 e. The van der Waals surface area contributed by atoms with E-state index in [9.17, 15) is 4.79 Å². The maximum atomic E-state index is 11.7. The molecule has 0 spiro atoms. The Hall–Kier alpha value is -1.51. The molecule has 3 nitrogen and oxygen atoms in total. The molecular weight excluding hydrogens is 262 g/mol. The van der Waals surface area contributed by atoms with E-state index in [0.717, 1.165) is 25.0 Å². The first-order valence-corrected chi connectivity index (χ1v) is 7.95. The Labute approximate surface area is 128 Å². The van der Waals surface area contributed by atoms with Crippen LogP contribution in [0.1, 0.15) is 52.5 Å². The third-order valence-corrected chi connectivity index (χ3v) is 3.85. The van der Waals surface area contributed by atoms with Crippen molar-refractivity contribution in [3.05, 3.63) is 29.8 Å². The summed E-state index contributed by atoms with van der Waals surface area (Å²) in [6.45, 7) is 8.49. The van der Waals surface area contributed by atoms with Crippen LogP contribution < -0.4 is 10.1 Å². The quantitative estimate of drug-likeness (QED) is 0.867. The molecule has 0 saturated carbocycles. The van der Waals surface area contributed by atoms with Gasteiger partial charge in [0.2, 0.25) is 5.91 Å². The molecule has 2 rings (SSSR count). The van der Waals surface area contributed by atoms with Crippen LogP contribution in [0, 0.1) is 5.92 Å². The molecule has 21 heavy (non-hydrogen) atoms. The number of nitrogens with one attached hydrogen (secondary N) is 1. The number of hydrogen-bond donors (Lipinski definition) is 1. The fourth-order valence-corrected chi connectivity index (χ4v) is 3.30. The topological polar surface area (TPSA) is 38.3 Å². The van der Waals surface area contributed by atoms with Crippen LogP contribution in [0.4, 0.5) is 0 Å². The Morgan fingerprint density at radius 2 is 2.05 bits per heavy atom. The zero-order chi connectivity index (χ0) is 15.5. The van der Waals surface area contributed by atoms with Gasteiger partial charge in [-0.1, -0.05) is 26.0 Å². The molecule has 1 amide bonds. The molecule has 1 aliphatic heterocycles. The van der Waals surface area contributed by atoms with Gasteiger partial charge in [-0.25, -0.2) is 0 Å². The van der Waals surface area contributed by atoms with Crippen molar-refractivity contribution in [2.75, 3.05) is 0 Å². The van der Waals surface area contributed by atoms with E-state index in [4.69, 9.17) is 4.74 Å². The summed E-state index contributed by atoms with van der Waals surface area (Å²) in [5.41, 5.74) is 1.15. The van der Waals surface area contributed by atoms with Crippen molar-refractivity contribution in [2.45, 2.75) is 65.0 Å². The molecule has 1 saturated heterocycles. The molecule has 1 aromatic rings. The second-order valence-corrected chi connectivity index (χ2v) is 6.92. The van der Waals surface area contributed by atoms with Crippen molar-refractivity contribution in [3.8, 4) is 5.75 Å². The summed E-state index contributed by atoms with van der Waals surface area (Å²) >= 11 is 0. The van der Waals surface area contributed by atoms with Crippen LogP contribution in [-0.4, -0.2) is 17.6 Å². The zero-order valence-electron chi connectivity index (χ0n) is 13.6. The minimum Gasteiger partial charge on any atom is -0.491 e. The fourth-order valence-electron chi connectivity index (χ4n) is 3.30. The maximum absolute atomic E-state index is 11.7. The van der Waals surface area contributed by atoms with E-state index < -0.39 is 0 Å². The van der Waals surface area contributed by atoms with Gasteiger partial charge in [-0.05, 0) is 56.7 Å². The van der Waals surface area contributed by atoms with E-state index in [1.165, 1.54) is 5.56 Å². The monoisotopic (exact) mass is 289 g/mol. The van der Waals surface area contributed by atoms with Crippen LogP contribution in [-0.2, 0) is 11.2 Å². The summed E-state index contributed by atoms with van der Waals surface area (Å²) in [6.07, 6.45) is 3.66. The molecule has 1 unspecified atom stereocenters. The average molecular weight is 289 g/mol. The van der Waals surface area contributed by atoms with Crippen molar-refractivity contribution in [2.24, 2.45) is 5.92 Å². The van der Waals surface area contributed by atoms with Crippen molar-refractivity contribution in [3.63, 3.8) is 0 Å². The molecule has 0 aromatic heterocycles. The second-order valence-electron chi connectivity index (χ2n) is 6.92. The number of rotatable bonds is 6. The van der Waals surface area contributed by atoms with Crippen molar-refractivity contribution in [1.82, 2.24) is 5.32 Å². The summed E-state index contributed by atoms with van der Waals surface area (Å²) in [7, 11) is 0. The molecule has 1 aliphatic rings. The summed E-state index contributed by atoms with van der Waals surface area (Å²) in [5.74, 6) is 1.66. The SMILES string of the molecule is CC(C)CC1(Cc2cccc(OC(C)C)c2)CCC(=O)N1. The van der Waals surface area contributed by atoms with Gasteiger partial charge in [0.1, 0.15) is 5.75 Å². The van der Waals surface area contributed by atoms with Crippen LogP contribution in [0.5, 0.6) is 5.75 Å². The maximum Gasteiger partial charge on any atom is 0.220 e. The molecule has 1 atom stereocenters. The molecule has 0 aliphatic carbocycles. The van der Waals surface area contributed by atoms with Crippen molar-refractivity contribution < 1.29 is 9.53 Å². The Bertz CT molecular complexity index is 496. The van der Waals surface area contributed by atoms with Gasteiger partial charge in [-0.15, -0.1) is 0 Å². The lowest BCUT2D eigenvalue weighted by atomic mass is 9.82. The van der Waals surface area contributed by atoms with E-state index in [1.54, 1.807) is 0 Å². The fraction of sp³-hybridized carbons (Fsp3) is 0.611. The van der Waals surface area contributed by atoms with E-state index in [1.807, 2.05) is 26.0 Å². The van der Waals surface area contributed by atoms with Gasteiger partial charge in [-0.2, -0.15) is 0 Å². The summed E-state index contributed by atoms with van der Waals surface area (Å²) in [6, 6.07) is 8.25. The predicted octanol–water partition coefficient (Wildman–Crippen LogP) is 3.71. The lowest BCUT2D eigenvalue weighted by molar-refractivity contribution is -0.119. The Morgan fingerprint density at radius 3 is 2.62 bits per heavy atom. The summed E-state index contributed by atoms with van der Waals surface area (Å²) in [4.78, 5) is 11.7. The van der Waals surface area contributed by atoms with Gasteiger partial charge in [0.05, 0.1) is 6.10 Å². The van der Waals surface area contributed by atoms with Gasteiger partial charge >= 0.3 is 0 Å². The molecule has 1 N–H and O–H groups in total. The van der Waals surface area contributed by atoms with Crippen LogP contribution in [0.3, 0.4) is 0 Å². The van der Waals surface area contributed by atoms with Gasteiger partial charge in [0.15, 0.2) is 0 Å². The number of carbonyl (C=O) groups is 1. The average Bonchev–Trinajstić information content (AvgIpc) is 2.68. The van der Waals surface area contributed by atoms with Crippen LogP contribution in [0.25, 0.3) is 0 Å². The number of amides is 1. The van der Waals surface area contributed by atoms with Crippen molar-refractivity contribution in [1.29, 1.82) is 0 Å². The minimum absolute atomic E-state index is 0.0816. The normalized spacial score (nSPS) is 21.9. The summed E-state index contributed by atoms with van der Waals surface area (Å²) in [5, 5.41) is 3.23. The molecular formula is C18H27NO2. The standard InChI is InChI=1S/C18H27NO2/c1-13(2)11-18(9-8-17(20)19-18)12-15-6-5-7-16(10-15)21-14(3)4/h5-7,10,13-14H,8-9,11-12H2,1-4H3,(H,19,20). The van der Waals surface area contributed by atoms with Gasteiger partial charge < -0.3 is 10.1 Å². The number of ether oxygens (including phenoxy) is 1. The number of carbonyl (C=O) groups excluding carboxylic acids is 1. The van der Waals surface area contributed by atoms with Crippen molar-refractivity contribution >= 4 is 5.91 Å². The third kappa shape index (κ3) is 4.48. The highest BCUT2D eigenvalue weighted by Gasteiger charge is 2.38. The van der Waals surface area contributed by atoms with Crippen LogP contribution >= 0.6 is 0 Å². The Balaban J connectivity index is 2.15. The highest BCUT2D eigenvalue weighted by molar-refractivity contribution is 5.79. The van der Waals surface area contributed by atoms with Crippen LogP contribution in [0.15, 0.2) is 24.3 Å². The first-order valence-electron chi connectivity index (χ1n) is 7.95. The lowest BCUT2D eigenvalue weighted by Gasteiger charge is -2.31. The van der Waals surface area contributed by atoms with Gasteiger partial charge in [0.25, 0.3) is 0 Å². The van der Waals surface area contributed by atoms with E-state index in [0.29, 0.717) is 12.3 Å². The molecule has 116 valence electrons. The number of hydrogen-bond acceptors (Lipinski definition) is 2. The highest BCUT2D eigenvalue weighted by Crippen LogP contribution is 2.32. The van der Waals surface area contributed by atoms with E-state index >= 15 is 0 Å². The lowest BCUT2D eigenvalue weighted by Crippen LogP contribution is -2.44. The molecule has 0 bridgehead atoms. The first-order chi connectivity index (χ1) is 9.88. The van der Waals surface area contributed by atoms with Crippen LogP contribution in [0.2, 0.25) is 0 Å². The second kappa shape index (κ2) is 6.50. The minimum atomic E-state index is -0.0816. The highest BCUT2D eigenvalue weighted by atomic mass is 16.5. The number of benzene rings is 1. The van der Waals surface area contributed by atoms with Gasteiger partial charge in [-0.3, -0.25) is 4.79 Å². The zero-order valence-corrected chi connectivity index (χ0v) is 13.6. The molecule has 0 radical (unpaired) electrons. The van der Waals surface area contributed by atoms with Gasteiger partial charge in [0, 0.05) is 12.0 Å². The largest absolute Gasteiger partial charge is 0.491 e. The first kappa shape index (κ1) is 15.9. The molecule has 1 aromatic carbocycles. The van der Waals surface area contributed by atoms with E-state index in [2.05, 4.69) is 31.3 Å². The third-order valence-electron chi connectivity index (χ3n) is 3.85. The Kier molecular flexibility index (Phi) is 4.92. The summed E-state index contributed by atoms with van der Waals surface area (Å²) < 4.78 is 5.77. The predicted molar refractivity (Wildman–Crippen MR) is 85.5 cm³/mol. The van der Waals surface area contributed by atoms with E-state index in [-0.39, 0.29) is 17.6 Å². The molecule has 1 fully saturated rings. The Morgan fingerprint density at radius 1 is 1.29 bits per heavy atom. The molecule has 3 heteroatoms. The molecule has 1 heterocycles.